The molecule has 0 aromatic rings. The fourth-order valence-electron chi connectivity index (χ4n) is 1.28. The molecule has 0 atom stereocenters. The first kappa shape index (κ1) is 9.99. The zero-order chi connectivity index (χ0) is 9.68. The van der Waals surface area contributed by atoms with Gasteiger partial charge in [0.1, 0.15) is 0 Å². The largest absolute Gasteiger partial charge is 0.498 e. The van der Waals surface area contributed by atoms with Crippen molar-refractivity contribution in [2.24, 2.45) is 0 Å². The Morgan fingerprint density at radius 3 is 2.77 bits per heavy atom. The Labute approximate surface area is 78.2 Å². The van der Waals surface area contributed by atoms with Gasteiger partial charge in [-0.1, -0.05) is 6.08 Å². The number of rotatable bonds is 4. The first-order chi connectivity index (χ1) is 6.27. The predicted octanol–water partition coefficient (Wildman–Crippen LogP) is 1.64. The molecule has 2 N–H and O–H groups in total. The van der Waals surface area contributed by atoms with Crippen molar-refractivity contribution in [2.75, 3.05) is 13.2 Å². The number of hydrogen-bond acceptors (Lipinski definition) is 3. The third kappa shape index (κ3) is 2.70. The molecule has 72 valence electrons. The van der Waals surface area contributed by atoms with Crippen LogP contribution >= 0.6 is 0 Å². The topological polar surface area (TPSA) is 53.3 Å². The molecule has 0 heterocycles. The van der Waals surface area contributed by atoms with Gasteiger partial charge >= 0.3 is 0 Å². The minimum atomic E-state index is -0.177. The van der Waals surface area contributed by atoms with Gasteiger partial charge in [-0.05, 0) is 25.0 Å². The van der Waals surface area contributed by atoms with E-state index in [4.69, 9.17) is 15.3 Å². The SMILES string of the molecule is CCOC1=CC=C(C(=N)CO)CC1. The van der Waals surface area contributed by atoms with E-state index in [1.165, 1.54) is 0 Å². The molecule has 0 saturated heterocycles. The molecule has 1 aliphatic rings. The first-order valence-corrected chi connectivity index (χ1v) is 4.49. The lowest BCUT2D eigenvalue weighted by molar-refractivity contribution is 0.217. The lowest BCUT2D eigenvalue weighted by atomic mass is 10.00. The molecule has 0 aromatic carbocycles. The summed E-state index contributed by atoms with van der Waals surface area (Å²) in [6.07, 6.45) is 5.37. The highest BCUT2D eigenvalue weighted by Crippen LogP contribution is 2.19. The molecule has 1 rings (SSSR count). The summed E-state index contributed by atoms with van der Waals surface area (Å²) in [5.41, 5.74) is 1.22. The molecule has 13 heavy (non-hydrogen) atoms. The number of ether oxygens (including phenoxy) is 1. The van der Waals surface area contributed by atoms with Crippen LogP contribution in [-0.2, 0) is 4.74 Å². The highest BCUT2D eigenvalue weighted by atomic mass is 16.5. The number of allylic oxidation sites excluding steroid dienone is 3. The predicted molar refractivity (Wildman–Crippen MR) is 51.8 cm³/mol. The summed E-state index contributed by atoms with van der Waals surface area (Å²) >= 11 is 0. The van der Waals surface area contributed by atoms with Crippen molar-refractivity contribution in [3.63, 3.8) is 0 Å². The summed E-state index contributed by atoms with van der Waals surface area (Å²) in [6.45, 7) is 2.46. The molecule has 0 aliphatic heterocycles. The molecule has 0 radical (unpaired) electrons. The zero-order valence-corrected chi connectivity index (χ0v) is 7.84. The first-order valence-electron chi connectivity index (χ1n) is 4.49. The van der Waals surface area contributed by atoms with Crippen LogP contribution in [0, 0.1) is 5.41 Å². The minimum Gasteiger partial charge on any atom is -0.498 e. The molecule has 0 spiro atoms. The number of nitrogens with one attached hydrogen (secondary N) is 1. The Hall–Kier alpha value is -1.09. The van der Waals surface area contributed by atoms with Gasteiger partial charge in [0.2, 0.25) is 0 Å². The summed E-state index contributed by atoms with van der Waals surface area (Å²) in [4.78, 5) is 0. The van der Waals surface area contributed by atoms with E-state index in [0.29, 0.717) is 12.3 Å². The van der Waals surface area contributed by atoms with Crippen molar-refractivity contribution in [3.8, 4) is 0 Å². The fraction of sp³-hybridized carbons (Fsp3) is 0.500. The van der Waals surface area contributed by atoms with Gasteiger partial charge in [0.15, 0.2) is 0 Å². The van der Waals surface area contributed by atoms with Crippen molar-refractivity contribution in [3.05, 3.63) is 23.5 Å². The standard InChI is InChI=1S/C10H15NO2/c1-2-13-9-5-3-8(4-6-9)10(11)7-12/h3,5,11-12H,2,4,6-7H2,1H3. The molecular weight excluding hydrogens is 166 g/mol. The summed E-state index contributed by atoms with van der Waals surface area (Å²) in [5.74, 6) is 0.969. The average Bonchev–Trinajstić information content (AvgIpc) is 2.18. The molecular formula is C10H15NO2. The van der Waals surface area contributed by atoms with Gasteiger partial charge in [0.25, 0.3) is 0 Å². The zero-order valence-electron chi connectivity index (χ0n) is 7.84. The van der Waals surface area contributed by atoms with E-state index in [0.717, 1.165) is 24.2 Å². The van der Waals surface area contributed by atoms with E-state index in [-0.39, 0.29) is 6.61 Å². The van der Waals surface area contributed by atoms with Crippen LogP contribution in [0.2, 0.25) is 0 Å². The second-order valence-corrected chi connectivity index (χ2v) is 2.89. The maximum absolute atomic E-state index is 8.74. The summed E-state index contributed by atoms with van der Waals surface area (Å²) in [5, 5.41) is 16.2. The molecule has 0 bridgehead atoms. The van der Waals surface area contributed by atoms with Crippen LogP contribution in [0.4, 0.5) is 0 Å². The van der Waals surface area contributed by atoms with Gasteiger partial charge in [-0.25, -0.2) is 0 Å². The third-order valence-electron chi connectivity index (χ3n) is 1.99. The lowest BCUT2D eigenvalue weighted by Crippen LogP contribution is -2.09. The van der Waals surface area contributed by atoms with Crippen molar-refractivity contribution < 1.29 is 9.84 Å². The molecule has 0 amide bonds. The van der Waals surface area contributed by atoms with Crippen molar-refractivity contribution in [2.45, 2.75) is 19.8 Å². The molecule has 3 nitrogen and oxygen atoms in total. The Morgan fingerprint density at radius 1 is 1.54 bits per heavy atom. The molecule has 0 aromatic heterocycles. The summed E-state index contributed by atoms with van der Waals surface area (Å²) in [7, 11) is 0. The average molecular weight is 181 g/mol. The maximum atomic E-state index is 8.74. The second kappa shape index (κ2) is 4.82. The van der Waals surface area contributed by atoms with E-state index >= 15 is 0 Å². The van der Waals surface area contributed by atoms with E-state index in [2.05, 4.69) is 0 Å². The van der Waals surface area contributed by atoms with Crippen molar-refractivity contribution in [1.82, 2.24) is 0 Å². The molecule has 0 unspecified atom stereocenters. The van der Waals surface area contributed by atoms with Crippen molar-refractivity contribution >= 4 is 5.71 Å². The fourth-order valence-corrected chi connectivity index (χ4v) is 1.28. The van der Waals surface area contributed by atoms with Crippen molar-refractivity contribution in [1.29, 1.82) is 5.41 Å². The highest BCUT2D eigenvalue weighted by Gasteiger charge is 2.09. The maximum Gasteiger partial charge on any atom is 0.0962 e. The van der Waals surface area contributed by atoms with E-state index < -0.39 is 0 Å². The van der Waals surface area contributed by atoms with Gasteiger partial charge in [-0.2, -0.15) is 0 Å². The Morgan fingerprint density at radius 2 is 2.31 bits per heavy atom. The summed E-state index contributed by atoms with van der Waals surface area (Å²) < 4.78 is 5.33. The van der Waals surface area contributed by atoms with Gasteiger partial charge in [0.05, 0.1) is 24.7 Å². The van der Waals surface area contributed by atoms with Crippen LogP contribution in [0.3, 0.4) is 0 Å². The Bertz CT molecular complexity index is 254. The Kier molecular flexibility index (Phi) is 3.71. The molecule has 0 fully saturated rings. The van der Waals surface area contributed by atoms with Gasteiger partial charge < -0.3 is 15.3 Å². The van der Waals surface area contributed by atoms with Gasteiger partial charge in [-0.3, -0.25) is 0 Å². The smallest absolute Gasteiger partial charge is 0.0962 e. The molecule has 0 saturated carbocycles. The lowest BCUT2D eigenvalue weighted by Gasteiger charge is -2.14. The summed E-state index contributed by atoms with van der Waals surface area (Å²) in [6, 6.07) is 0. The van der Waals surface area contributed by atoms with Crippen LogP contribution in [0.5, 0.6) is 0 Å². The van der Waals surface area contributed by atoms with Crippen LogP contribution in [-0.4, -0.2) is 24.0 Å². The number of aliphatic hydroxyl groups excluding tert-OH is 1. The molecule has 1 aliphatic carbocycles. The third-order valence-corrected chi connectivity index (χ3v) is 1.99. The highest BCUT2D eigenvalue weighted by molar-refractivity contribution is 5.98. The van der Waals surface area contributed by atoms with Gasteiger partial charge in [-0.15, -0.1) is 0 Å². The molecule has 3 heteroatoms. The van der Waals surface area contributed by atoms with E-state index in [9.17, 15) is 0 Å². The van der Waals surface area contributed by atoms with Crippen LogP contribution in [0.25, 0.3) is 0 Å². The van der Waals surface area contributed by atoms with Crippen LogP contribution in [0.1, 0.15) is 19.8 Å². The van der Waals surface area contributed by atoms with Crippen LogP contribution in [0.15, 0.2) is 23.5 Å². The number of hydrogen-bond donors (Lipinski definition) is 2. The monoisotopic (exact) mass is 181 g/mol. The van der Waals surface area contributed by atoms with E-state index in [1.54, 1.807) is 0 Å². The second-order valence-electron chi connectivity index (χ2n) is 2.89. The van der Waals surface area contributed by atoms with E-state index in [1.807, 2.05) is 19.1 Å². The minimum absolute atomic E-state index is 0.177. The van der Waals surface area contributed by atoms with Crippen LogP contribution < -0.4 is 0 Å². The quantitative estimate of drug-likeness (QED) is 0.648. The number of aliphatic hydroxyl groups is 1. The normalized spacial score (nSPS) is 16.2. The van der Waals surface area contributed by atoms with Gasteiger partial charge in [0, 0.05) is 6.42 Å². The Balaban J connectivity index is 2.59.